The number of anilines is 1. The molecule has 0 spiro atoms. The van der Waals surface area contributed by atoms with Crippen molar-refractivity contribution in [2.75, 3.05) is 31.2 Å². The highest BCUT2D eigenvalue weighted by atomic mass is 16.5. The lowest BCUT2D eigenvalue weighted by Gasteiger charge is -2.31. The van der Waals surface area contributed by atoms with Crippen LogP contribution in [0.25, 0.3) is 0 Å². The number of ether oxygens (including phenoxy) is 2. The van der Waals surface area contributed by atoms with Gasteiger partial charge in [-0.25, -0.2) is 4.79 Å². The Labute approximate surface area is 194 Å². The van der Waals surface area contributed by atoms with E-state index in [-0.39, 0.29) is 12.5 Å². The number of aliphatic hydroxyl groups is 1. The van der Waals surface area contributed by atoms with E-state index in [2.05, 4.69) is 9.88 Å². The van der Waals surface area contributed by atoms with E-state index in [1.165, 1.54) is 6.42 Å². The molecule has 1 aliphatic heterocycles. The van der Waals surface area contributed by atoms with Crippen LogP contribution in [0, 0.1) is 0 Å². The minimum atomic E-state index is -2.21. The molecule has 178 valence electrons. The fourth-order valence-corrected chi connectivity index (χ4v) is 4.59. The lowest BCUT2D eigenvalue weighted by molar-refractivity contribution is -0.161. The number of carboxylic acid groups (broad SMARTS) is 1. The number of rotatable bonds is 8. The second kappa shape index (κ2) is 10.5. The van der Waals surface area contributed by atoms with Gasteiger partial charge in [0.1, 0.15) is 5.75 Å². The third-order valence-electron chi connectivity index (χ3n) is 6.61. The summed E-state index contributed by atoms with van der Waals surface area (Å²) in [4.78, 5) is 18.6. The van der Waals surface area contributed by atoms with Crippen molar-refractivity contribution in [3.05, 3.63) is 53.9 Å². The molecule has 1 saturated carbocycles. The highest BCUT2D eigenvalue weighted by Gasteiger charge is 2.44. The van der Waals surface area contributed by atoms with Gasteiger partial charge in [-0.15, -0.1) is 0 Å². The zero-order valence-electron chi connectivity index (χ0n) is 18.9. The van der Waals surface area contributed by atoms with Crippen LogP contribution in [0.1, 0.15) is 49.4 Å². The summed E-state index contributed by atoms with van der Waals surface area (Å²) in [6, 6.07) is 9.70. The van der Waals surface area contributed by atoms with Crippen LogP contribution < -0.4 is 15.4 Å². The largest absolute Gasteiger partial charge is 0.490 e. The Morgan fingerprint density at radius 3 is 2.55 bits per heavy atom. The van der Waals surface area contributed by atoms with E-state index in [1.807, 2.05) is 12.1 Å². The number of benzene rings is 1. The Morgan fingerprint density at radius 1 is 1.18 bits per heavy atom. The molecule has 1 saturated heterocycles. The van der Waals surface area contributed by atoms with Gasteiger partial charge in [-0.3, -0.25) is 4.98 Å². The first-order valence-corrected chi connectivity index (χ1v) is 11.7. The minimum absolute atomic E-state index is 0.166. The van der Waals surface area contributed by atoms with E-state index >= 15 is 0 Å². The molecule has 1 aromatic heterocycles. The molecule has 2 aliphatic rings. The number of carbonyl (C=O) groups is 1. The van der Waals surface area contributed by atoms with Crippen LogP contribution in [0.5, 0.6) is 5.75 Å². The number of pyridine rings is 1. The van der Waals surface area contributed by atoms with E-state index in [4.69, 9.17) is 15.2 Å². The summed E-state index contributed by atoms with van der Waals surface area (Å²) in [5.74, 6) is -0.740. The summed E-state index contributed by atoms with van der Waals surface area (Å²) >= 11 is 0. The monoisotopic (exact) mass is 455 g/mol. The molecule has 2 heterocycles. The first kappa shape index (κ1) is 23.5. The third kappa shape index (κ3) is 5.63. The van der Waals surface area contributed by atoms with Gasteiger partial charge in [-0.1, -0.05) is 18.6 Å². The van der Waals surface area contributed by atoms with Crippen molar-refractivity contribution < 1.29 is 24.5 Å². The number of nitrogens with zero attached hydrogens (tertiary/aromatic N) is 2. The Morgan fingerprint density at radius 2 is 1.88 bits per heavy atom. The fraction of sp³-hybridized carbons (Fsp3) is 0.520. The molecule has 4 N–H and O–H groups in total. The van der Waals surface area contributed by atoms with Gasteiger partial charge in [0, 0.05) is 43.2 Å². The lowest BCUT2D eigenvalue weighted by Crippen LogP contribution is -2.50. The molecule has 1 aromatic carbocycles. The zero-order valence-corrected chi connectivity index (χ0v) is 18.9. The standard InChI is InChI=1S/C25H33N3O5/c26-23(18-6-8-20(9-7-18)28-12-14-32-15-13-28)25(31,24(29)30)17-19-16-22(10-11-27-19)33-21-4-2-1-3-5-21/h6-11,16,21,23,31H,1-5,12-15,17,26H2,(H,29,30)/t23-,25+/m0/s1. The molecule has 1 aliphatic carbocycles. The Bertz CT molecular complexity index is 926. The Kier molecular flexibility index (Phi) is 7.47. The average Bonchev–Trinajstić information content (AvgIpc) is 2.85. The molecule has 33 heavy (non-hydrogen) atoms. The van der Waals surface area contributed by atoms with Crippen LogP contribution in [-0.2, 0) is 16.0 Å². The first-order valence-electron chi connectivity index (χ1n) is 11.7. The second-order valence-corrected chi connectivity index (χ2v) is 8.94. The summed E-state index contributed by atoms with van der Waals surface area (Å²) in [5, 5.41) is 21.1. The molecular formula is C25H33N3O5. The summed E-state index contributed by atoms with van der Waals surface area (Å²) in [7, 11) is 0. The van der Waals surface area contributed by atoms with Crippen molar-refractivity contribution in [2.45, 2.75) is 56.3 Å². The molecule has 0 radical (unpaired) electrons. The van der Waals surface area contributed by atoms with E-state index in [1.54, 1.807) is 30.5 Å². The number of morpholine rings is 1. The fourth-order valence-electron chi connectivity index (χ4n) is 4.59. The molecule has 2 atom stereocenters. The van der Waals surface area contributed by atoms with Crippen LogP contribution in [0.15, 0.2) is 42.6 Å². The first-order chi connectivity index (χ1) is 16.0. The van der Waals surface area contributed by atoms with Gasteiger partial charge in [-0.2, -0.15) is 0 Å². The van der Waals surface area contributed by atoms with Gasteiger partial charge in [0.2, 0.25) is 0 Å². The number of hydrogen-bond acceptors (Lipinski definition) is 7. The highest BCUT2D eigenvalue weighted by Crippen LogP contribution is 2.30. The zero-order chi connectivity index (χ0) is 23.3. The number of carboxylic acids is 1. The predicted molar refractivity (Wildman–Crippen MR) is 124 cm³/mol. The van der Waals surface area contributed by atoms with E-state index in [0.29, 0.717) is 30.2 Å². The number of aromatic nitrogens is 1. The summed E-state index contributed by atoms with van der Waals surface area (Å²) in [6.45, 7) is 2.96. The van der Waals surface area contributed by atoms with Gasteiger partial charge in [0.15, 0.2) is 5.60 Å². The van der Waals surface area contributed by atoms with Crippen molar-refractivity contribution in [1.82, 2.24) is 4.98 Å². The summed E-state index contributed by atoms with van der Waals surface area (Å²) < 4.78 is 11.5. The van der Waals surface area contributed by atoms with E-state index in [0.717, 1.165) is 44.5 Å². The summed E-state index contributed by atoms with van der Waals surface area (Å²) in [5.41, 5.74) is 6.09. The van der Waals surface area contributed by atoms with Gasteiger partial charge in [-0.05, 0) is 49.4 Å². The minimum Gasteiger partial charge on any atom is -0.490 e. The van der Waals surface area contributed by atoms with Crippen molar-refractivity contribution in [2.24, 2.45) is 5.73 Å². The quantitative estimate of drug-likeness (QED) is 0.556. The van der Waals surface area contributed by atoms with Crippen LogP contribution in [0.4, 0.5) is 5.69 Å². The average molecular weight is 456 g/mol. The van der Waals surface area contributed by atoms with E-state index < -0.39 is 17.6 Å². The maximum Gasteiger partial charge on any atom is 0.338 e. The van der Waals surface area contributed by atoms with Crippen molar-refractivity contribution in [3.63, 3.8) is 0 Å². The van der Waals surface area contributed by atoms with Crippen molar-refractivity contribution in [1.29, 1.82) is 0 Å². The Balaban J connectivity index is 1.48. The van der Waals surface area contributed by atoms with Crippen LogP contribution >= 0.6 is 0 Å². The van der Waals surface area contributed by atoms with Gasteiger partial charge in [0.05, 0.1) is 25.4 Å². The molecular weight excluding hydrogens is 422 g/mol. The number of hydrogen-bond donors (Lipinski definition) is 3. The molecule has 2 aromatic rings. The maximum atomic E-state index is 12.1. The molecule has 0 unspecified atom stereocenters. The highest BCUT2D eigenvalue weighted by molar-refractivity contribution is 5.79. The van der Waals surface area contributed by atoms with Gasteiger partial charge < -0.3 is 30.3 Å². The van der Waals surface area contributed by atoms with Crippen molar-refractivity contribution in [3.8, 4) is 5.75 Å². The van der Waals surface area contributed by atoms with E-state index in [9.17, 15) is 15.0 Å². The molecule has 4 rings (SSSR count). The lowest BCUT2D eigenvalue weighted by atomic mass is 9.85. The number of aliphatic carboxylic acids is 1. The Hall–Kier alpha value is -2.68. The van der Waals surface area contributed by atoms with Gasteiger partial charge in [0.25, 0.3) is 0 Å². The van der Waals surface area contributed by atoms with Crippen molar-refractivity contribution >= 4 is 11.7 Å². The molecule has 8 nitrogen and oxygen atoms in total. The third-order valence-corrected chi connectivity index (χ3v) is 6.61. The molecule has 2 fully saturated rings. The molecule has 0 bridgehead atoms. The van der Waals surface area contributed by atoms with Crippen LogP contribution in [0.3, 0.4) is 0 Å². The predicted octanol–water partition coefficient (Wildman–Crippen LogP) is 2.69. The summed E-state index contributed by atoms with van der Waals surface area (Å²) in [6.07, 6.45) is 7.10. The normalized spacial score (nSPS) is 20.1. The van der Waals surface area contributed by atoms with Gasteiger partial charge >= 0.3 is 5.97 Å². The number of nitrogens with two attached hydrogens (primary N) is 1. The van der Waals surface area contributed by atoms with Crippen LogP contribution in [0.2, 0.25) is 0 Å². The molecule has 8 heteroatoms. The SMILES string of the molecule is N[C@@H](c1ccc(N2CCOCC2)cc1)[C@](O)(Cc1cc(OC2CCCCC2)ccn1)C(=O)O. The van der Waals surface area contributed by atoms with Crippen LogP contribution in [-0.4, -0.2) is 59.2 Å². The smallest absolute Gasteiger partial charge is 0.338 e. The molecule has 0 amide bonds. The maximum absolute atomic E-state index is 12.1. The second-order valence-electron chi connectivity index (χ2n) is 8.94. The topological polar surface area (TPSA) is 118 Å².